The molecule has 3 N–H and O–H groups in total. The highest BCUT2D eigenvalue weighted by atomic mass is 19.1. The van der Waals surface area contributed by atoms with E-state index in [0.29, 0.717) is 84.4 Å². The van der Waals surface area contributed by atoms with E-state index in [2.05, 4.69) is 32.0 Å². The molecule has 13 rings (SSSR count). The van der Waals surface area contributed by atoms with Crippen molar-refractivity contribution in [1.82, 2.24) is 54.5 Å². The standard InChI is InChI=1S/C64H71FN14O8/c1-35(2)67-57(81)43-31-48(46(65)26-37(43)5)69-56-55-49(66-34-77(55)36(3)4)32-47(68-56)38-10-13-45-52(27-38)78(41-28-40(29-41)73-18-8-7-9-19-73)63(87)64(45)16-20-75(21-17-64)61(85)50-33-53(72(6)71-50)62(86)76-24-22-74(23-25-76)39-11-12-42-44(30-39)60(84)79(59(42)83)51-14-15-54(80)70-58(51)82/h10-13,26-27,30-36,40-41,51H,7-9,14-25,28-29H2,1-6H3,(H,67,81)(H,68,69)(H,70,80,82)/t40-,41+,51?. The van der Waals surface area contributed by atoms with Gasteiger partial charge in [0.05, 0.1) is 39.8 Å². The number of nitrogens with one attached hydrogen (secondary N) is 3. The van der Waals surface area contributed by atoms with Gasteiger partial charge in [-0.2, -0.15) is 5.10 Å². The number of piperidine rings is 3. The average molecular weight is 1180 g/mol. The van der Waals surface area contributed by atoms with Crippen LogP contribution in [0.2, 0.25) is 0 Å². The van der Waals surface area contributed by atoms with Crippen LogP contribution in [-0.2, 0) is 26.8 Å². The van der Waals surface area contributed by atoms with Gasteiger partial charge in [-0.25, -0.2) is 14.4 Å². The molecule has 1 unspecified atom stereocenters. The highest BCUT2D eigenvalue weighted by Gasteiger charge is 2.56. The molecule has 1 spiro atoms. The summed E-state index contributed by atoms with van der Waals surface area (Å²) < 4.78 is 19.4. The van der Waals surface area contributed by atoms with Crippen LogP contribution in [-0.4, -0.2) is 168 Å². The number of halogens is 1. The van der Waals surface area contributed by atoms with Gasteiger partial charge in [0.2, 0.25) is 17.7 Å². The van der Waals surface area contributed by atoms with Gasteiger partial charge in [0.15, 0.2) is 11.5 Å². The van der Waals surface area contributed by atoms with Crippen molar-refractivity contribution in [2.75, 3.05) is 67.5 Å². The molecule has 3 aromatic heterocycles. The topological polar surface area (TPSA) is 241 Å². The van der Waals surface area contributed by atoms with Crippen molar-refractivity contribution in [2.45, 2.75) is 128 Å². The molecule has 22 nitrogen and oxygen atoms in total. The van der Waals surface area contributed by atoms with Crippen molar-refractivity contribution in [1.29, 1.82) is 0 Å². The summed E-state index contributed by atoms with van der Waals surface area (Å²) in [5, 5.41) is 13.0. The summed E-state index contributed by atoms with van der Waals surface area (Å²) in [6.45, 7) is 13.7. The fourth-order valence-electron chi connectivity index (χ4n) is 14.1. The molecule has 1 aliphatic carbocycles. The number of fused-ring (bicyclic) bond motifs is 4. The largest absolute Gasteiger partial charge is 0.368 e. The molecule has 9 heterocycles. The molecule has 6 aliphatic heterocycles. The SMILES string of the molecule is Cc1cc(F)c(Nc2nc(-c3ccc4c(c3)N([C@H]3C[C@@H](N5CCCCC5)C3)C(=O)C43CCN(C(=O)c4cc(C(=O)N5CCN(c6ccc7c(c6)C(=O)N(C6CCC(=O)NC6=O)C7=O)CC5)n(C)n4)CC3)cc3ncn(C(C)C)c23)cc1C(=O)NC(C)C. The van der Waals surface area contributed by atoms with Crippen LogP contribution in [0.4, 0.5) is 27.3 Å². The molecule has 87 heavy (non-hydrogen) atoms. The van der Waals surface area contributed by atoms with Crippen molar-refractivity contribution in [3.63, 3.8) is 0 Å². The number of benzene rings is 3. The van der Waals surface area contributed by atoms with E-state index >= 15 is 9.18 Å². The van der Waals surface area contributed by atoms with Crippen LogP contribution in [0.15, 0.2) is 67.0 Å². The predicted molar refractivity (Wildman–Crippen MR) is 321 cm³/mol. The van der Waals surface area contributed by atoms with Crippen molar-refractivity contribution in [2.24, 2.45) is 7.05 Å². The van der Waals surface area contributed by atoms with E-state index in [4.69, 9.17) is 9.97 Å². The van der Waals surface area contributed by atoms with E-state index in [9.17, 15) is 33.6 Å². The van der Waals surface area contributed by atoms with Crippen LogP contribution >= 0.6 is 0 Å². The summed E-state index contributed by atoms with van der Waals surface area (Å²) >= 11 is 0. The smallest absolute Gasteiger partial charge is 0.274 e. The van der Waals surface area contributed by atoms with Crippen molar-refractivity contribution in [3.05, 3.63) is 112 Å². The second kappa shape index (κ2) is 22.1. The highest BCUT2D eigenvalue weighted by Crippen LogP contribution is 2.52. The third kappa shape index (κ3) is 9.96. The minimum Gasteiger partial charge on any atom is -0.368 e. The Morgan fingerprint density at radius 3 is 2.21 bits per heavy atom. The molecular formula is C64H71FN14O8. The molecule has 4 saturated heterocycles. The van der Waals surface area contributed by atoms with Crippen LogP contribution in [0, 0.1) is 12.7 Å². The number of piperazine rings is 1. The lowest BCUT2D eigenvalue weighted by Gasteiger charge is -2.48. The molecule has 23 heteroatoms. The Morgan fingerprint density at radius 2 is 1.49 bits per heavy atom. The number of pyridine rings is 1. The van der Waals surface area contributed by atoms with E-state index < -0.39 is 40.9 Å². The van der Waals surface area contributed by atoms with Gasteiger partial charge in [0.25, 0.3) is 29.5 Å². The number of amides is 8. The number of carbonyl (C=O) groups excluding carboxylic acids is 8. The van der Waals surface area contributed by atoms with Gasteiger partial charge in [0.1, 0.15) is 23.1 Å². The average Bonchev–Trinajstić information content (AvgIpc) is 1.61. The molecule has 5 fully saturated rings. The number of imide groups is 2. The number of imidazole rings is 1. The van der Waals surface area contributed by atoms with E-state index in [0.717, 1.165) is 47.6 Å². The fraction of sp³-hybridized carbons (Fsp3) is 0.453. The van der Waals surface area contributed by atoms with E-state index in [1.807, 2.05) is 60.3 Å². The first-order chi connectivity index (χ1) is 41.8. The lowest BCUT2D eigenvalue weighted by Crippen LogP contribution is -2.58. The third-order valence-electron chi connectivity index (χ3n) is 19.0. The number of anilines is 4. The molecule has 6 aromatic rings. The Labute approximate surface area is 502 Å². The van der Waals surface area contributed by atoms with Gasteiger partial charge in [-0.3, -0.25) is 53.3 Å². The van der Waals surface area contributed by atoms with E-state index in [-0.39, 0.29) is 95.9 Å². The summed E-state index contributed by atoms with van der Waals surface area (Å²) in [5.41, 5.74) is 5.77. The van der Waals surface area contributed by atoms with Gasteiger partial charge >= 0.3 is 0 Å². The predicted octanol–water partition coefficient (Wildman–Crippen LogP) is 6.64. The summed E-state index contributed by atoms with van der Waals surface area (Å²) in [6, 6.07) is 16.5. The Kier molecular flexibility index (Phi) is 14.6. The molecule has 7 aliphatic rings. The van der Waals surface area contributed by atoms with E-state index in [1.54, 1.807) is 48.3 Å². The zero-order valence-electron chi connectivity index (χ0n) is 49.8. The number of likely N-dealkylation sites (tertiary alicyclic amines) is 2. The monoisotopic (exact) mass is 1180 g/mol. The Balaban J connectivity index is 0.724. The zero-order chi connectivity index (χ0) is 60.9. The van der Waals surface area contributed by atoms with Crippen LogP contribution in [0.3, 0.4) is 0 Å². The van der Waals surface area contributed by atoms with Gasteiger partial charge in [0, 0.05) is 105 Å². The lowest BCUT2D eigenvalue weighted by atomic mass is 9.73. The first-order valence-corrected chi connectivity index (χ1v) is 30.5. The fourth-order valence-corrected chi connectivity index (χ4v) is 14.1. The first-order valence-electron chi connectivity index (χ1n) is 30.5. The summed E-state index contributed by atoms with van der Waals surface area (Å²) in [7, 11) is 1.64. The summed E-state index contributed by atoms with van der Waals surface area (Å²) in [6.07, 6.45) is 7.86. The maximum Gasteiger partial charge on any atom is 0.274 e. The minimum absolute atomic E-state index is 0.0141. The quantitative estimate of drug-likeness (QED) is 0.109. The van der Waals surface area contributed by atoms with Crippen molar-refractivity contribution < 1.29 is 42.7 Å². The second-order valence-electron chi connectivity index (χ2n) is 25.0. The van der Waals surface area contributed by atoms with Crippen LogP contribution in [0.5, 0.6) is 0 Å². The molecule has 8 amide bonds. The number of aromatic nitrogens is 5. The van der Waals surface area contributed by atoms with Gasteiger partial charge in [-0.15, -0.1) is 0 Å². The Bertz CT molecular complexity index is 3880. The summed E-state index contributed by atoms with van der Waals surface area (Å²) in [4.78, 5) is 130. The minimum atomic E-state index is -1.07. The normalized spacial score (nSPS) is 21.3. The second-order valence-corrected chi connectivity index (χ2v) is 25.0. The summed E-state index contributed by atoms with van der Waals surface area (Å²) in [5.74, 6) is -3.39. The lowest BCUT2D eigenvalue weighted by molar-refractivity contribution is -0.136. The molecule has 1 atom stereocenters. The van der Waals surface area contributed by atoms with Crippen LogP contribution in [0.25, 0.3) is 22.3 Å². The molecule has 3 aromatic carbocycles. The number of hydrogen-bond donors (Lipinski definition) is 3. The number of aryl methyl sites for hydroxylation is 2. The Morgan fingerprint density at radius 1 is 0.770 bits per heavy atom. The molecule has 0 bridgehead atoms. The van der Waals surface area contributed by atoms with Crippen molar-refractivity contribution in [3.8, 4) is 11.3 Å². The number of rotatable bonds is 12. The highest BCUT2D eigenvalue weighted by molar-refractivity contribution is 6.24. The molecular weight excluding hydrogens is 1110 g/mol. The molecule has 0 radical (unpaired) electrons. The number of hydrogen-bond acceptors (Lipinski definition) is 14. The van der Waals surface area contributed by atoms with Crippen molar-refractivity contribution >= 4 is 81.2 Å². The first kappa shape index (κ1) is 57.2. The van der Waals surface area contributed by atoms with Gasteiger partial charge in [-0.05, 0) is 146 Å². The van der Waals surface area contributed by atoms with Gasteiger partial charge < -0.3 is 39.7 Å². The number of carbonyl (C=O) groups is 8. The van der Waals surface area contributed by atoms with Crippen LogP contribution in [0.1, 0.15) is 155 Å². The molecule has 452 valence electrons. The zero-order valence-corrected chi connectivity index (χ0v) is 49.8. The number of nitrogens with zero attached hydrogens (tertiary/aromatic N) is 11. The van der Waals surface area contributed by atoms with Gasteiger partial charge in [-0.1, -0.05) is 18.6 Å². The third-order valence-corrected chi connectivity index (χ3v) is 19.0. The Hall–Kier alpha value is -8.86. The maximum atomic E-state index is 16.0. The van der Waals surface area contributed by atoms with E-state index in [1.165, 1.54) is 42.1 Å². The maximum absolute atomic E-state index is 16.0. The van der Waals surface area contributed by atoms with Crippen LogP contribution < -0.4 is 25.8 Å². The molecule has 1 saturated carbocycles.